The van der Waals surface area contributed by atoms with Crippen LogP contribution in [-0.2, 0) is 10.0 Å². The van der Waals surface area contributed by atoms with Gasteiger partial charge >= 0.3 is 0 Å². The van der Waals surface area contributed by atoms with Crippen molar-refractivity contribution in [2.24, 2.45) is 0 Å². The zero-order chi connectivity index (χ0) is 14.0. The molecule has 0 spiro atoms. The Labute approximate surface area is 119 Å². The molecule has 2 aromatic rings. The van der Waals surface area contributed by atoms with Crippen LogP contribution in [0, 0.1) is 6.92 Å². The Morgan fingerprint density at radius 1 is 1.37 bits per heavy atom. The lowest BCUT2D eigenvalue weighted by Crippen LogP contribution is -2.14. The standard InChI is InChI=1S/C11H12BrN3O3S/c1-7-5-11(14-13-7)15-19(16,17)10-6-8(12)3-4-9(10)18-2/h3-6H,1-2H3,(H2,13,14,15). The highest BCUT2D eigenvalue weighted by molar-refractivity contribution is 9.10. The normalized spacial score (nSPS) is 11.3. The first kappa shape index (κ1) is 13.9. The number of hydrogen-bond donors (Lipinski definition) is 2. The number of hydrogen-bond acceptors (Lipinski definition) is 4. The molecule has 102 valence electrons. The highest BCUT2D eigenvalue weighted by Gasteiger charge is 2.21. The molecule has 0 atom stereocenters. The summed E-state index contributed by atoms with van der Waals surface area (Å²) in [7, 11) is -2.34. The number of methoxy groups -OCH3 is 1. The molecular weight excluding hydrogens is 334 g/mol. The summed E-state index contributed by atoms with van der Waals surface area (Å²) in [6.45, 7) is 1.78. The fourth-order valence-electron chi connectivity index (χ4n) is 1.52. The summed E-state index contributed by atoms with van der Waals surface area (Å²) >= 11 is 3.24. The Bertz CT molecular complexity index is 697. The third-order valence-electron chi connectivity index (χ3n) is 2.36. The van der Waals surface area contributed by atoms with Gasteiger partial charge in [0, 0.05) is 16.2 Å². The molecule has 0 radical (unpaired) electrons. The van der Waals surface area contributed by atoms with Crippen LogP contribution in [0.25, 0.3) is 0 Å². The fourth-order valence-corrected chi connectivity index (χ4v) is 3.22. The minimum Gasteiger partial charge on any atom is -0.495 e. The van der Waals surface area contributed by atoms with Crippen molar-refractivity contribution in [3.63, 3.8) is 0 Å². The monoisotopic (exact) mass is 345 g/mol. The maximum atomic E-state index is 12.3. The number of nitrogens with zero attached hydrogens (tertiary/aromatic N) is 1. The first-order chi connectivity index (χ1) is 8.92. The van der Waals surface area contributed by atoms with Crippen molar-refractivity contribution in [3.05, 3.63) is 34.4 Å². The second kappa shape index (κ2) is 5.22. The maximum Gasteiger partial charge on any atom is 0.266 e. The zero-order valence-corrected chi connectivity index (χ0v) is 12.7. The summed E-state index contributed by atoms with van der Waals surface area (Å²) in [5.74, 6) is 0.502. The second-order valence-electron chi connectivity index (χ2n) is 3.84. The van der Waals surface area contributed by atoms with Crippen molar-refractivity contribution in [3.8, 4) is 5.75 Å². The van der Waals surface area contributed by atoms with Crippen molar-refractivity contribution < 1.29 is 13.2 Å². The molecule has 0 saturated heterocycles. The summed E-state index contributed by atoms with van der Waals surface area (Å²) in [6, 6.07) is 6.35. The highest BCUT2D eigenvalue weighted by Crippen LogP contribution is 2.28. The van der Waals surface area contributed by atoms with Gasteiger partial charge in [0.2, 0.25) is 0 Å². The third-order valence-corrected chi connectivity index (χ3v) is 4.23. The lowest BCUT2D eigenvalue weighted by molar-refractivity contribution is 0.403. The van der Waals surface area contributed by atoms with E-state index >= 15 is 0 Å². The topological polar surface area (TPSA) is 84.1 Å². The largest absolute Gasteiger partial charge is 0.495 e. The number of nitrogens with one attached hydrogen (secondary N) is 2. The third kappa shape index (κ3) is 3.07. The SMILES string of the molecule is COc1ccc(Br)cc1S(=O)(=O)Nc1cc(C)[nH]n1. The predicted octanol–water partition coefficient (Wildman–Crippen LogP) is 2.29. The van der Waals surface area contributed by atoms with E-state index in [1.807, 2.05) is 0 Å². The average molecular weight is 346 g/mol. The predicted molar refractivity (Wildman–Crippen MR) is 74.8 cm³/mol. The van der Waals surface area contributed by atoms with E-state index in [0.29, 0.717) is 4.47 Å². The van der Waals surface area contributed by atoms with Crippen LogP contribution in [0.2, 0.25) is 0 Å². The van der Waals surface area contributed by atoms with E-state index in [4.69, 9.17) is 4.74 Å². The van der Waals surface area contributed by atoms with Crippen LogP contribution in [0.15, 0.2) is 33.6 Å². The van der Waals surface area contributed by atoms with Gasteiger partial charge in [-0.15, -0.1) is 0 Å². The Kier molecular flexibility index (Phi) is 3.81. The maximum absolute atomic E-state index is 12.3. The van der Waals surface area contributed by atoms with E-state index in [9.17, 15) is 8.42 Å². The molecule has 0 aliphatic carbocycles. The summed E-state index contributed by atoms with van der Waals surface area (Å²) in [5.41, 5.74) is 0.763. The molecule has 8 heteroatoms. The van der Waals surface area contributed by atoms with E-state index in [2.05, 4.69) is 30.8 Å². The number of anilines is 1. The van der Waals surface area contributed by atoms with Crippen molar-refractivity contribution in [2.75, 3.05) is 11.8 Å². The molecule has 2 N–H and O–H groups in total. The Morgan fingerprint density at radius 2 is 2.11 bits per heavy atom. The fraction of sp³-hybridized carbons (Fsp3) is 0.182. The van der Waals surface area contributed by atoms with E-state index in [1.54, 1.807) is 25.1 Å². The molecular formula is C11H12BrN3O3S. The van der Waals surface area contributed by atoms with E-state index in [1.165, 1.54) is 13.2 Å². The van der Waals surface area contributed by atoms with Crippen LogP contribution in [0.1, 0.15) is 5.69 Å². The van der Waals surface area contributed by atoms with Gasteiger partial charge < -0.3 is 4.74 Å². The smallest absolute Gasteiger partial charge is 0.266 e. The molecule has 0 aliphatic rings. The molecule has 0 bridgehead atoms. The molecule has 1 aromatic carbocycles. The highest BCUT2D eigenvalue weighted by atomic mass is 79.9. The van der Waals surface area contributed by atoms with E-state index in [0.717, 1.165) is 5.69 Å². The summed E-state index contributed by atoms with van der Waals surface area (Å²) in [5, 5.41) is 6.50. The molecule has 0 fully saturated rings. The lowest BCUT2D eigenvalue weighted by Gasteiger charge is -2.10. The molecule has 6 nitrogen and oxygen atoms in total. The molecule has 0 unspecified atom stereocenters. The van der Waals surface area contributed by atoms with Crippen molar-refractivity contribution in [2.45, 2.75) is 11.8 Å². The van der Waals surface area contributed by atoms with Crippen LogP contribution in [-0.4, -0.2) is 25.7 Å². The number of rotatable bonds is 4. The minimum absolute atomic E-state index is 0.0463. The molecule has 19 heavy (non-hydrogen) atoms. The number of benzene rings is 1. The van der Waals surface area contributed by atoms with Gasteiger partial charge in [0.1, 0.15) is 10.6 Å². The number of sulfonamides is 1. The number of aromatic nitrogens is 2. The quantitative estimate of drug-likeness (QED) is 0.890. The summed E-state index contributed by atoms with van der Waals surface area (Å²) in [4.78, 5) is 0.0463. The number of ether oxygens (including phenoxy) is 1. The van der Waals surface area contributed by atoms with Gasteiger partial charge in [0.05, 0.1) is 7.11 Å². The lowest BCUT2D eigenvalue weighted by atomic mass is 10.3. The van der Waals surface area contributed by atoms with Crippen molar-refractivity contribution >= 4 is 31.8 Å². The van der Waals surface area contributed by atoms with Crippen molar-refractivity contribution in [1.82, 2.24) is 10.2 Å². The van der Waals surface area contributed by atoms with Gasteiger partial charge in [-0.3, -0.25) is 9.82 Å². The first-order valence-electron chi connectivity index (χ1n) is 5.31. The second-order valence-corrected chi connectivity index (χ2v) is 6.40. The first-order valence-corrected chi connectivity index (χ1v) is 7.58. The molecule has 1 heterocycles. The van der Waals surface area contributed by atoms with Gasteiger partial charge in [-0.2, -0.15) is 5.10 Å². The van der Waals surface area contributed by atoms with Gasteiger partial charge in [0.25, 0.3) is 10.0 Å². The number of aromatic amines is 1. The van der Waals surface area contributed by atoms with E-state index in [-0.39, 0.29) is 16.5 Å². The van der Waals surface area contributed by atoms with Crippen LogP contribution < -0.4 is 9.46 Å². The van der Waals surface area contributed by atoms with Crippen LogP contribution in [0.3, 0.4) is 0 Å². The summed E-state index contributed by atoms with van der Waals surface area (Å²) < 4.78 is 32.6. The van der Waals surface area contributed by atoms with Gasteiger partial charge in [0.15, 0.2) is 5.82 Å². The minimum atomic E-state index is -3.75. The molecule has 2 rings (SSSR count). The Hall–Kier alpha value is -1.54. The zero-order valence-electron chi connectivity index (χ0n) is 10.3. The molecule has 0 aliphatic heterocycles. The number of aryl methyl sites for hydroxylation is 1. The number of halogens is 1. The van der Waals surface area contributed by atoms with Crippen LogP contribution in [0.4, 0.5) is 5.82 Å². The number of H-pyrrole nitrogens is 1. The molecule has 0 saturated carbocycles. The molecule has 1 aromatic heterocycles. The van der Waals surface area contributed by atoms with Crippen LogP contribution in [0.5, 0.6) is 5.75 Å². The van der Waals surface area contributed by atoms with Crippen LogP contribution >= 0.6 is 15.9 Å². The molecule has 0 amide bonds. The Balaban J connectivity index is 2.41. The Morgan fingerprint density at radius 3 is 2.68 bits per heavy atom. The van der Waals surface area contributed by atoms with Gasteiger partial charge in [-0.05, 0) is 25.1 Å². The van der Waals surface area contributed by atoms with Crippen molar-refractivity contribution in [1.29, 1.82) is 0 Å². The summed E-state index contributed by atoms with van der Waals surface area (Å²) in [6.07, 6.45) is 0. The average Bonchev–Trinajstić information content (AvgIpc) is 2.74. The van der Waals surface area contributed by atoms with Gasteiger partial charge in [-0.1, -0.05) is 15.9 Å². The van der Waals surface area contributed by atoms with Gasteiger partial charge in [-0.25, -0.2) is 8.42 Å². The van der Waals surface area contributed by atoms with E-state index < -0.39 is 10.0 Å².